The Kier molecular flexibility index (Phi) is 10.7. The number of aryl methyl sites for hydroxylation is 1. The minimum Gasteiger partial charge on any atom is -0.504 e. The number of aromatic hydroxyl groups is 2. The smallest absolute Gasteiger partial charge is 0.190 e. The average Bonchev–Trinajstić information content (AvgIpc) is 2.83. The molecule has 0 aromatic heterocycles. The maximum absolute atomic E-state index is 9.98. The van der Waals surface area contributed by atoms with E-state index in [2.05, 4.69) is 53.9 Å². The van der Waals surface area contributed by atoms with Crippen LogP contribution < -0.4 is 9.47 Å². The normalized spacial score (nSPS) is 14.3. The highest BCUT2D eigenvalue weighted by Crippen LogP contribution is 2.41. The van der Waals surface area contributed by atoms with E-state index in [1.165, 1.54) is 17.2 Å². The first kappa shape index (κ1) is 31.3. The predicted molar refractivity (Wildman–Crippen MR) is 159 cm³/mol. The SMILES string of the molecule is CCC(Cc1ccc(O)c(OC)c1)C(C)[Si](C)(C)OC(C)(C)[Si](C)(C)CCCc1ccc(O)c(OC)c1. The van der Waals surface area contributed by atoms with Gasteiger partial charge in [-0.3, -0.25) is 0 Å². The Hall–Kier alpha value is -1.97. The van der Waals surface area contributed by atoms with Crippen molar-refractivity contribution in [3.8, 4) is 23.0 Å². The minimum absolute atomic E-state index is 0.135. The number of hydrogen-bond donors (Lipinski definition) is 2. The summed E-state index contributed by atoms with van der Waals surface area (Å²) in [7, 11) is -0.574. The molecule has 0 saturated heterocycles. The molecule has 2 rings (SSSR count). The lowest BCUT2D eigenvalue weighted by atomic mass is 9.94. The highest BCUT2D eigenvalue weighted by Gasteiger charge is 2.46. The Morgan fingerprint density at radius 3 is 1.89 bits per heavy atom. The lowest BCUT2D eigenvalue weighted by Gasteiger charge is -2.48. The van der Waals surface area contributed by atoms with Gasteiger partial charge >= 0.3 is 0 Å². The zero-order valence-corrected chi connectivity index (χ0v) is 26.8. The number of phenols is 2. The minimum atomic E-state index is -2.03. The van der Waals surface area contributed by atoms with Crippen molar-refractivity contribution in [2.75, 3.05) is 14.2 Å². The lowest BCUT2D eigenvalue weighted by molar-refractivity contribution is 0.163. The van der Waals surface area contributed by atoms with E-state index in [-0.39, 0.29) is 16.7 Å². The molecule has 5 nitrogen and oxygen atoms in total. The highest BCUT2D eigenvalue weighted by molar-refractivity contribution is 6.82. The summed E-state index contributed by atoms with van der Waals surface area (Å²) in [6.45, 7) is 19.0. The van der Waals surface area contributed by atoms with Crippen LogP contribution in [0.3, 0.4) is 0 Å². The Bertz CT molecular complexity index is 1020. The second-order valence-corrected chi connectivity index (χ2v) is 21.9. The highest BCUT2D eigenvalue weighted by atomic mass is 28.4. The summed E-state index contributed by atoms with van der Waals surface area (Å²) >= 11 is 0. The molecule has 2 unspecified atom stereocenters. The van der Waals surface area contributed by atoms with Gasteiger partial charge in [0.1, 0.15) is 0 Å². The predicted octanol–water partition coefficient (Wildman–Crippen LogP) is 7.95. The van der Waals surface area contributed by atoms with Gasteiger partial charge < -0.3 is 24.1 Å². The van der Waals surface area contributed by atoms with Crippen LogP contribution in [0.2, 0.25) is 37.8 Å². The third-order valence-electron chi connectivity index (χ3n) is 8.73. The van der Waals surface area contributed by atoms with E-state index in [1.54, 1.807) is 26.4 Å². The van der Waals surface area contributed by atoms with Gasteiger partial charge in [-0.2, -0.15) is 0 Å². The Morgan fingerprint density at radius 2 is 1.38 bits per heavy atom. The van der Waals surface area contributed by atoms with Gasteiger partial charge in [0.05, 0.1) is 22.3 Å². The van der Waals surface area contributed by atoms with Crippen LogP contribution in [-0.4, -0.2) is 46.0 Å². The van der Waals surface area contributed by atoms with E-state index in [0.717, 1.165) is 25.7 Å². The standard InChI is InChI=1S/C30H50O5Si2/c1-11-25(19-24-15-17-27(32)29(21-24)34-6)22(2)37(9,10)35-30(3,4)36(7,8)18-12-13-23-14-16-26(31)28(20-23)33-5/h14-17,20-22,25,31-32H,11-13,18-19H2,1-10H3. The van der Waals surface area contributed by atoms with Gasteiger partial charge in [-0.05, 0) is 86.6 Å². The van der Waals surface area contributed by atoms with Crippen LogP contribution in [0.15, 0.2) is 36.4 Å². The maximum atomic E-state index is 9.98. The van der Waals surface area contributed by atoms with Crippen molar-refractivity contribution < 1.29 is 24.1 Å². The molecule has 0 bridgehead atoms. The van der Waals surface area contributed by atoms with E-state index >= 15 is 0 Å². The molecule has 0 aliphatic heterocycles. The first-order valence-electron chi connectivity index (χ1n) is 13.6. The van der Waals surface area contributed by atoms with Crippen LogP contribution in [0, 0.1) is 5.92 Å². The first-order valence-corrected chi connectivity index (χ1v) is 19.8. The molecule has 0 fully saturated rings. The summed E-state index contributed by atoms with van der Waals surface area (Å²) in [4.78, 5) is 0. The molecular weight excluding hydrogens is 496 g/mol. The zero-order valence-electron chi connectivity index (χ0n) is 24.8. The molecular formula is C30H50O5Si2. The van der Waals surface area contributed by atoms with Crippen molar-refractivity contribution in [3.05, 3.63) is 47.5 Å². The quantitative estimate of drug-likeness (QED) is 0.235. The third-order valence-corrected chi connectivity index (χ3v) is 17.6. The van der Waals surface area contributed by atoms with Crippen LogP contribution in [0.4, 0.5) is 0 Å². The van der Waals surface area contributed by atoms with Crippen molar-refractivity contribution in [1.82, 2.24) is 0 Å². The van der Waals surface area contributed by atoms with Crippen LogP contribution >= 0.6 is 0 Å². The van der Waals surface area contributed by atoms with Gasteiger partial charge in [-0.1, -0.05) is 58.0 Å². The lowest BCUT2D eigenvalue weighted by Crippen LogP contribution is -2.58. The number of methoxy groups -OCH3 is 2. The number of ether oxygens (including phenoxy) is 2. The van der Waals surface area contributed by atoms with Crippen molar-refractivity contribution in [1.29, 1.82) is 0 Å². The van der Waals surface area contributed by atoms with Crippen molar-refractivity contribution >= 4 is 16.4 Å². The summed E-state index contributed by atoms with van der Waals surface area (Å²) < 4.78 is 17.8. The molecule has 0 amide bonds. The molecule has 2 N–H and O–H groups in total. The van der Waals surface area contributed by atoms with Crippen LogP contribution in [0.5, 0.6) is 23.0 Å². The molecule has 0 heterocycles. The van der Waals surface area contributed by atoms with E-state index in [9.17, 15) is 10.2 Å². The summed E-state index contributed by atoms with van der Waals surface area (Å²) in [6.07, 6.45) is 4.10. The Morgan fingerprint density at radius 1 is 0.865 bits per heavy atom. The molecule has 0 radical (unpaired) electrons. The van der Waals surface area contributed by atoms with Gasteiger partial charge in [0, 0.05) is 5.22 Å². The van der Waals surface area contributed by atoms with Gasteiger partial charge in [-0.25, -0.2) is 0 Å². The zero-order chi connectivity index (χ0) is 28.0. The van der Waals surface area contributed by atoms with Gasteiger partial charge in [0.2, 0.25) is 0 Å². The fraction of sp³-hybridized carbons (Fsp3) is 0.600. The molecule has 2 atom stereocenters. The van der Waals surface area contributed by atoms with Gasteiger partial charge in [0.15, 0.2) is 31.3 Å². The van der Waals surface area contributed by atoms with Crippen LogP contribution in [-0.2, 0) is 17.3 Å². The summed E-state index contributed by atoms with van der Waals surface area (Å²) in [5, 5.41) is 19.7. The summed E-state index contributed by atoms with van der Waals surface area (Å²) in [5.41, 5.74) is 2.86. The molecule has 37 heavy (non-hydrogen) atoms. The molecule has 0 aliphatic carbocycles. The second-order valence-electron chi connectivity index (χ2n) is 12.1. The average molecular weight is 547 g/mol. The van der Waals surface area contributed by atoms with Crippen LogP contribution in [0.25, 0.3) is 0 Å². The molecule has 0 spiro atoms. The first-order chi connectivity index (χ1) is 17.2. The second kappa shape index (κ2) is 12.7. The fourth-order valence-corrected chi connectivity index (χ4v) is 11.7. The van der Waals surface area contributed by atoms with Crippen molar-refractivity contribution in [2.45, 2.75) is 96.4 Å². The summed E-state index contributed by atoms with van der Waals surface area (Å²) in [5.74, 6) is 1.94. The maximum Gasteiger partial charge on any atom is 0.190 e. The largest absolute Gasteiger partial charge is 0.504 e. The third kappa shape index (κ3) is 8.01. The number of phenolic OH excluding ortho intramolecular Hbond substituents is 2. The van der Waals surface area contributed by atoms with E-state index in [0.29, 0.717) is 23.0 Å². The molecule has 2 aromatic rings. The molecule has 2 aromatic carbocycles. The Balaban J connectivity index is 2.06. The number of benzene rings is 2. The van der Waals surface area contributed by atoms with Gasteiger partial charge in [-0.15, -0.1) is 0 Å². The van der Waals surface area contributed by atoms with Crippen LogP contribution in [0.1, 0.15) is 51.7 Å². The Labute approximate surface area is 227 Å². The van der Waals surface area contributed by atoms with Gasteiger partial charge in [0.25, 0.3) is 0 Å². The van der Waals surface area contributed by atoms with Crippen molar-refractivity contribution in [2.24, 2.45) is 5.92 Å². The number of hydrogen-bond acceptors (Lipinski definition) is 5. The number of rotatable bonds is 14. The monoisotopic (exact) mass is 546 g/mol. The molecule has 0 aliphatic rings. The van der Waals surface area contributed by atoms with E-state index in [1.807, 2.05) is 24.3 Å². The van der Waals surface area contributed by atoms with Crippen molar-refractivity contribution in [3.63, 3.8) is 0 Å². The fourth-order valence-electron chi connectivity index (χ4n) is 5.20. The van der Waals surface area contributed by atoms with E-state index < -0.39 is 16.4 Å². The molecule has 7 heteroatoms. The summed E-state index contributed by atoms with van der Waals surface area (Å²) in [6, 6.07) is 12.5. The van der Waals surface area contributed by atoms with E-state index in [4.69, 9.17) is 13.9 Å². The topological polar surface area (TPSA) is 68.2 Å². The molecule has 0 saturated carbocycles. The molecule has 208 valence electrons.